The summed E-state index contributed by atoms with van der Waals surface area (Å²) in [6.45, 7) is 1.37. The van der Waals surface area contributed by atoms with Crippen LogP contribution >= 0.6 is 11.6 Å². The maximum atomic E-state index is 11.8. The fraction of sp³-hybridized carbons (Fsp3) is 0.333. The van der Waals surface area contributed by atoms with E-state index in [1.54, 1.807) is 12.1 Å². The van der Waals surface area contributed by atoms with E-state index in [2.05, 4.69) is 10.0 Å². The highest BCUT2D eigenvalue weighted by Crippen LogP contribution is 2.14. The standard InChI is InChI=1S/C9H11ClN2O2S/c10-7-1-3-9(4-2-7)15(13,14)12-8-5-11-6-8/h1-4,8,11-12H,5-6H2. The molecule has 0 bridgehead atoms. The van der Waals surface area contributed by atoms with E-state index in [0.717, 1.165) is 0 Å². The molecule has 0 spiro atoms. The molecule has 82 valence electrons. The first-order valence-electron chi connectivity index (χ1n) is 4.56. The summed E-state index contributed by atoms with van der Waals surface area (Å²) in [7, 11) is -3.39. The second-order valence-corrected chi connectivity index (χ2v) is 5.58. The molecule has 1 heterocycles. The fourth-order valence-corrected chi connectivity index (χ4v) is 2.64. The molecule has 1 aromatic rings. The SMILES string of the molecule is O=S(=O)(NC1CNC1)c1ccc(Cl)cc1. The third-order valence-corrected chi connectivity index (χ3v) is 4.02. The lowest BCUT2D eigenvalue weighted by molar-refractivity contribution is 0.410. The van der Waals surface area contributed by atoms with Crippen LogP contribution in [0.25, 0.3) is 0 Å². The number of hydrogen-bond donors (Lipinski definition) is 2. The Morgan fingerprint density at radius 2 is 1.87 bits per heavy atom. The Balaban J connectivity index is 2.17. The Labute approximate surface area is 93.7 Å². The van der Waals surface area contributed by atoms with Crippen molar-refractivity contribution in [1.29, 1.82) is 0 Å². The molecule has 0 unspecified atom stereocenters. The van der Waals surface area contributed by atoms with Gasteiger partial charge in [0.05, 0.1) is 4.90 Å². The largest absolute Gasteiger partial charge is 0.313 e. The summed E-state index contributed by atoms with van der Waals surface area (Å²) in [5.74, 6) is 0. The van der Waals surface area contributed by atoms with Crippen molar-refractivity contribution in [2.45, 2.75) is 10.9 Å². The molecule has 1 aromatic carbocycles. The number of hydrogen-bond acceptors (Lipinski definition) is 3. The molecule has 1 aliphatic rings. The molecule has 15 heavy (non-hydrogen) atoms. The zero-order valence-electron chi connectivity index (χ0n) is 7.90. The lowest BCUT2D eigenvalue weighted by Crippen LogP contribution is -2.56. The minimum absolute atomic E-state index is 0.00526. The average molecular weight is 247 g/mol. The van der Waals surface area contributed by atoms with Gasteiger partial charge in [0.15, 0.2) is 0 Å². The van der Waals surface area contributed by atoms with Crippen molar-refractivity contribution < 1.29 is 8.42 Å². The van der Waals surface area contributed by atoms with E-state index in [0.29, 0.717) is 18.1 Å². The normalized spacial score (nSPS) is 17.4. The molecule has 0 saturated carbocycles. The van der Waals surface area contributed by atoms with Gasteiger partial charge in [-0.15, -0.1) is 0 Å². The summed E-state index contributed by atoms with van der Waals surface area (Å²) in [6, 6.07) is 6.13. The number of sulfonamides is 1. The van der Waals surface area contributed by atoms with Crippen LogP contribution in [0.4, 0.5) is 0 Å². The highest BCUT2D eigenvalue weighted by atomic mass is 35.5. The first-order valence-corrected chi connectivity index (χ1v) is 6.43. The molecule has 1 aliphatic heterocycles. The van der Waals surface area contributed by atoms with E-state index in [-0.39, 0.29) is 10.9 Å². The first kappa shape index (κ1) is 10.9. The van der Waals surface area contributed by atoms with Gasteiger partial charge >= 0.3 is 0 Å². The van der Waals surface area contributed by atoms with E-state index in [9.17, 15) is 8.42 Å². The van der Waals surface area contributed by atoms with Gasteiger partial charge in [-0.2, -0.15) is 0 Å². The van der Waals surface area contributed by atoms with Crippen LogP contribution in [0.2, 0.25) is 5.02 Å². The van der Waals surface area contributed by atoms with E-state index in [4.69, 9.17) is 11.6 Å². The van der Waals surface area contributed by atoms with Crippen molar-refractivity contribution in [2.75, 3.05) is 13.1 Å². The van der Waals surface area contributed by atoms with Gasteiger partial charge in [0, 0.05) is 24.2 Å². The topological polar surface area (TPSA) is 58.2 Å². The van der Waals surface area contributed by atoms with Crippen molar-refractivity contribution in [2.24, 2.45) is 0 Å². The van der Waals surface area contributed by atoms with Crippen molar-refractivity contribution in [3.8, 4) is 0 Å². The predicted molar refractivity (Wildman–Crippen MR) is 58.4 cm³/mol. The molecule has 2 rings (SSSR count). The van der Waals surface area contributed by atoms with Crippen molar-refractivity contribution in [3.05, 3.63) is 29.3 Å². The molecule has 0 aromatic heterocycles. The van der Waals surface area contributed by atoms with E-state index in [1.807, 2.05) is 0 Å². The van der Waals surface area contributed by atoms with Crippen LogP contribution in [0.15, 0.2) is 29.2 Å². The Hall–Kier alpha value is -0.620. The number of halogens is 1. The Morgan fingerprint density at radius 1 is 1.27 bits per heavy atom. The summed E-state index contributed by atoms with van der Waals surface area (Å²) < 4.78 is 26.1. The molecule has 1 fully saturated rings. The van der Waals surface area contributed by atoms with E-state index < -0.39 is 10.0 Å². The number of rotatable bonds is 3. The van der Waals surface area contributed by atoms with Crippen molar-refractivity contribution in [3.63, 3.8) is 0 Å². The molecule has 1 saturated heterocycles. The zero-order valence-corrected chi connectivity index (χ0v) is 9.48. The van der Waals surface area contributed by atoms with E-state index >= 15 is 0 Å². The van der Waals surface area contributed by atoms with Gasteiger partial charge in [0.2, 0.25) is 10.0 Å². The summed E-state index contributed by atoms with van der Waals surface area (Å²) in [5.41, 5.74) is 0. The lowest BCUT2D eigenvalue weighted by atomic mass is 10.2. The third kappa shape index (κ3) is 2.49. The van der Waals surface area contributed by atoms with Crippen LogP contribution in [-0.4, -0.2) is 27.5 Å². The van der Waals surface area contributed by atoms with Crippen LogP contribution < -0.4 is 10.0 Å². The Kier molecular flexibility index (Phi) is 2.97. The van der Waals surface area contributed by atoms with E-state index in [1.165, 1.54) is 12.1 Å². The molecule has 6 heteroatoms. The second kappa shape index (κ2) is 4.09. The predicted octanol–water partition coefficient (Wildman–Crippen LogP) is 0.590. The molecule has 0 amide bonds. The molecular weight excluding hydrogens is 236 g/mol. The van der Waals surface area contributed by atoms with Crippen LogP contribution in [0.1, 0.15) is 0 Å². The minimum atomic E-state index is -3.39. The van der Waals surface area contributed by atoms with Gasteiger partial charge < -0.3 is 5.32 Å². The summed E-state index contributed by atoms with van der Waals surface area (Å²) >= 11 is 5.68. The van der Waals surface area contributed by atoms with Gasteiger partial charge in [-0.25, -0.2) is 13.1 Å². The zero-order chi connectivity index (χ0) is 10.9. The minimum Gasteiger partial charge on any atom is -0.313 e. The summed E-state index contributed by atoms with van der Waals surface area (Å²) in [5, 5.41) is 3.52. The third-order valence-electron chi connectivity index (χ3n) is 2.23. The number of benzene rings is 1. The van der Waals surface area contributed by atoms with Gasteiger partial charge in [0.1, 0.15) is 0 Å². The van der Waals surface area contributed by atoms with Crippen LogP contribution in [0, 0.1) is 0 Å². The van der Waals surface area contributed by atoms with Gasteiger partial charge in [0.25, 0.3) is 0 Å². The van der Waals surface area contributed by atoms with Gasteiger partial charge in [-0.05, 0) is 24.3 Å². The van der Waals surface area contributed by atoms with Crippen LogP contribution in [-0.2, 0) is 10.0 Å². The van der Waals surface area contributed by atoms with Crippen molar-refractivity contribution >= 4 is 21.6 Å². The van der Waals surface area contributed by atoms with Crippen LogP contribution in [0.5, 0.6) is 0 Å². The molecule has 0 aliphatic carbocycles. The average Bonchev–Trinajstić information content (AvgIpc) is 2.13. The highest BCUT2D eigenvalue weighted by Gasteiger charge is 2.23. The molecule has 0 radical (unpaired) electrons. The first-order chi connectivity index (χ1) is 7.08. The molecular formula is C9H11ClN2O2S. The Morgan fingerprint density at radius 3 is 2.33 bits per heavy atom. The van der Waals surface area contributed by atoms with Gasteiger partial charge in [-0.3, -0.25) is 0 Å². The quantitative estimate of drug-likeness (QED) is 0.821. The maximum Gasteiger partial charge on any atom is 0.240 e. The highest BCUT2D eigenvalue weighted by molar-refractivity contribution is 7.89. The fourth-order valence-electron chi connectivity index (χ4n) is 1.27. The molecule has 2 N–H and O–H groups in total. The number of nitrogens with one attached hydrogen (secondary N) is 2. The molecule has 4 nitrogen and oxygen atoms in total. The Bertz CT molecular complexity index is 440. The van der Waals surface area contributed by atoms with Gasteiger partial charge in [-0.1, -0.05) is 11.6 Å². The second-order valence-electron chi connectivity index (χ2n) is 3.43. The van der Waals surface area contributed by atoms with Crippen LogP contribution in [0.3, 0.4) is 0 Å². The summed E-state index contributed by atoms with van der Waals surface area (Å²) in [6.07, 6.45) is 0. The molecule has 0 atom stereocenters. The van der Waals surface area contributed by atoms with Crippen molar-refractivity contribution in [1.82, 2.24) is 10.0 Å². The lowest BCUT2D eigenvalue weighted by Gasteiger charge is -2.27. The monoisotopic (exact) mass is 246 g/mol. The maximum absolute atomic E-state index is 11.8. The smallest absolute Gasteiger partial charge is 0.240 e. The summed E-state index contributed by atoms with van der Waals surface area (Å²) in [4.78, 5) is 0.249.